The molecule has 0 fully saturated rings. The number of halogens is 1. The molecule has 2 aromatic rings. The molecule has 28 heavy (non-hydrogen) atoms. The highest BCUT2D eigenvalue weighted by Crippen LogP contribution is 2.33. The molecule has 2 heterocycles. The summed E-state index contributed by atoms with van der Waals surface area (Å²) in [5.74, 6) is -1.26. The minimum absolute atomic E-state index is 0.0281. The lowest BCUT2D eigenvalue weighted by Crippen LogP contribution is -2.44. The van der Waals surface area contributed by atoms with Crippen molar-refractivity contribution in [2.24, 2.45) is 0 Å². The van der Waals surface area contributed by atoms with Crippen LogP contribution >= 0.6 is 0 Å². The highest BCUT2D eigenvalue weighted by Gasteiger charge is 2.41. The van der Waals surface area contributed by atoms with Crippen molar-refractivity contribution in [3.63, 3.8) is 0 Å². The number of carbonyl (C=O) groups is 2. The third-order valence-electron chi connectivity index (χ3n) is 5.28. The molecule has 0 bridgehead atoms. The Bertz CT molecular complexity index is 1080. The van der Waals surface area contributed by atoms with Crippen molar-refractivity contribution in [2.45, 2.75) is 37.1 Å². The predicted octanol–water partition coefficient (Wildman–Crippen LogP) is 2.73. The molecule has 0 N–H and O–H groups in total. The maximum atomic E-state index is 13.5. The van der Waals surface area contributed by atoms with Crippen molar-refractivity contribution < 1.29 is 22.4 Å². The van der Waals surface area contributed by atoms with E-state index in [1.165, 1.54) is 24.3 Å². The molecule has 146 valence electrons. The SMILES string of the molecule is CC1CCc2cc(F)ccc2N1C(=O)CCN1C(=O)c2ccccc2S1(=O)=O. The van der Waals surface area contributed by atoms with Crippen LogP contribution in [0.1, 0.15) is 35.7 Å². The molecule has 1 atom stereocenters. The van der Waals surface area contributed by atoms with Crippen molar-refractivity contribution in [3.05, 3.63) is 59.4 Å². The van der Waals surface area contributed by atoms with Gasteiger partial charge < -0.3 is 4.90 Å². The summed E-state index contributed by atoms with van der Waals surface area (Å²) in [7, 11) is -3.94. The highest BCUT2D eigenvalue weighted by atomic mass is 32.2. The van der Waals surface area contributed by atoms with Gasteiger partial charge in [-0.1, -0.05) is 12.1 Å². The van der Waals surface area contributed by atoms with E-state index < -0.39 is 15.9 Å². The first kappa shape index (κ1) is 18.6. The number of aryl methyl sites for hydroxylation is 1. The van der Waals surface area contributed by atoms with Gasteiger partial charge in [-0.2, -0.15) is 0 Å². The number of amides is 2. The van der Waals surface area contributed by atoms with Gasteiger partial charge in [-0.3, -0.25) is 9.59 Å². The van der Waals surface area contributed by atoms with Crippen LogP contribution in [0.15, 0.2) is 47.4 Å². The zero-order chi connectivity index (χ0) is 20.1. The molecule has 0 saturated carbocycles. The van der Waals surface area contributed by atoms with Crippen molar-refractivity contribution in [2.75, 3.05) is 11.4 Å². The summed E-state index contributed by atoms with van der Waals surface area (Å²) in [6.45, 7) is 1.67. The molecule has 8 heteroatoms. The summed E-state index contributed by atoms with van der Waals surface area (Å²) in [5.41, 5.74) is 1.52. The van der Waals surface area contributed by atoms with Gasteiger partial charge in [0.2, 0.25) is 5.91 Å². The van der Waals surface area contributed by atoms with E-state index in [2.05, 4.69) is 0 Å². The van der Waals surface area contributed by atoms with Gasteiger partial charge >= 0.3 is 0 Å². The fraction of sp³-hybridized carbons (Fsp3) is 0.300. The Morgan fingerprint density at radius 3 is 2.71 bits per heavy atom. The van der Waals surface area contributed by atoms with E-state index >= 15 is 0 Å². The number of hydrogen-bond acceptors (Lipinski definition) is 4. The van der Waals surface area contributed by atoms with E-state index in [1.54, 1.807) is 23.1 Å². The molecule has 2 aliphatic rings. The van der Waals surface area contributed by atoms with Gasteiger partial charge in [0.15, 0.2) is 0 Å². The summed E-state index contributed by atoms with van der Waals surface area (Å²) in [5, 5.41) is 0. The summed E-state index contributed by atoms with van der Waals surface area (Å²) in [6.07, 6.45) is 1.22. The normalized spacial score (nSPS) is 20.1. The number of benzene rings is 2. The average molecular weight is 402 g/mol. The van der Waals surface area contributed by atoms with Crippen LogP contribution in [0.25, 0.3) is 0 Å². The van der Waals surface area contributed by atoms with Crippen LogP contribution < -0.4 is 4.90 Å². The Kier molecular flexibility index (Phi) is 4.45. The predicted molar refractivity (Wildman–Crippen MR) is 101 cm³/mol. The number of sulfonamides is 1. The van der Waals surface area contributed by atoms with Gasteiger partial charge in [-0.15, -0.1) is 0 Å². The standard InChI is InChI=1S/C20H19FN2O4S/c1-13-6-7-14-12-15(21)8-9-17(14)23(13)19(24)10-11-22-20(25)16-4-2-3-5-18(16)28(22,26)27/h2-5,8-9,12-13H,6-7,10-11H2,1H3. The molecule has 0 aromatic heterocycles. The van der Waals surface area contributed by atoms with Gasteiger partial charge in [-0.05, 0) is 55.7 Å². The highest BCUT2D eigenvalue weighted by molar-refractivity contribution is 7.90. The molecular formula is C20H19FN2O4S. The number of carbonyl (C=O) groups excluding carboxylic acids is 2. The molecule has 0 radical (unpaired) electrons. The fourth-order valence-electron chi connectivity index (χ4n) is 3.87. The molecule has 1 unspecified atom stereocenters. The van der Waals surface area contributed by atoms with Gasteiger partial charge in [-0.25, -0.2) is 17.1 Å². The van der Waals surface area contributed by atoms with Crippen LogP contribution in [0, 0.1) is 5.82 Å². The topological polar surface area (TPSA) is 74.8 Å². The molecule has 2 aromatic carbocycles. The summed E-state index contributed by atoms with van der Waals surface area (Å²) >= 11 is 0. The van der Waals surface area contributed by atoms with Gasteiger partial charge in [0.05, 0.1) is 5.56 Å². The van der Waals surface area contributed by atoms with Crippen LogP contribution in [0.2, 0.25) is 0 Å². The number of hydrogen-bond donors (Lipinski definition) is 0. The van der Waals surface area contributed by atoms with Gasteiger partial charge in [0, 0.05) is 24.7 Å². The number of rotatable bonds is 3. The van der Waals surface area contributed by atoms with E-state index in [0.29, 0.717) is 18.5 Å². The summed E-state index contributed by atoms with van der Waals surface area (Å²) in [6, 6.07) is 10.2. The molecule has 0 aliphatic carbocycles. The largest absolute Gasteiger partial charge is 0.309 e. The number of anilines is 1. The smallest absolute Gasteiger partial charge is 0.269 e. The van der Waals surface area contributed by atoms with Crippen LogP contribution in [0.5, 0.6) is 0 Å². The Labute approximate surface area is 162 Å². The lowest BCUT2D eigenvalue weighted by molar-refractivity contribution is -0.119. The molecule has 0 spiro atoms. The minimum atomic E-state index is -3.94. The maximum absolute atomic E-state index is 13.5. The maximum Gasteiger partial charge on any atom is 0.269 e. The molecule has 4 rings (SSSR count). The van der Waals surface area contributed by atoms with Crippen LogP contribution in [-0.4, -0.2) is 37.1 Å². The Morgan fingerprint density at radius 2 is 1.96 bits per heavy atom. The van der Waals surface area contributed by atoms with Crippen molar-refractivity contribution in [3.8, 4) is 0 Å². The van der Waals surface area contributed by atoms with Crippen LogP contribution in [0.3, 0.4) is 0 Å². The lowest BCUT2D eigenvalue weighted by Gasteiger charge is -2.35. The zero-order valence-electron chi connectivity index (χ0n) is 15.3. The third kappa shape index (κ3) is 2.88. The minimum Gasteiger partial charge on any atom is -0.309 e. The Balaban J connectivity index is 1.55. The zero-order valence-corrected chi connectivity index (χ0v) is 16.1. The van der Waals surface area contributed by atoms with E-state index in [9.17, 15) is 22.4 Å². The molecular weight excluding hydrogens is 383 g/mol. The van der Waals surface area contributed by atoms with E-state index in [4.69, 9.17) is 0 Å². The average Bonchev–Trinajstić information content (AvgIpc) is 2.86. The van der Waals surface area contributed by atoms with Gasteiger partial charge in [0.1, 0.15) is 10.7 Å². The van der Waals surface area contributed by atoms with Crippen LogP contribution in [0.4, 0.5) is 10.1 Å². The van der Waals surface area contributed by atoms with E-state index in [1.807, 2.05) is 6.92 Å². The van der Waals surface area contributed by atoms with Crippen molar-refractivity contribution >= 4 is 27.5 Å². The van der Waals surface area contributed by atoms with E-state index in [-0.39, 0.29) is 41.2 Å². The molecule has 2 amide bonds. The molecule has 2 aliphatic heterocycles. The monoisotopic (exact) mass is 402 g/mol. The first-order valence-electron chi connectivity index (χ1n) is 9.07. The second kappa shape index (κ2) is 6.70. The first-order chi connectivity index (χ1) is 13.3. The Hall–Kier alpha value is -2.74. The molecule has 6 nitrogen and oxygen atoms in total. The summed E-state index contributed by atoms with van der Waals surface area (Å²) < 4.78 is 39.5. The number of fused-ring (bicyclic) bond motifs is 2. The third-order valence-corrected chi connectivity index (χ3v) is 7.12. The first-order valence-corrected chi connectivity index (χ1v) is 10.5. The van der Waals surface area contributed by atoms with Gasteiger partial charge in [0.25, 0.3) is 15.9 Å². The van der Waals surface area contributed by atoms with Crippen LogP contribution in [-0.2, 0) is 21.2 Å². The second-order valence-electron chi connectivity index (χ2n) is 7.05. The number of nitrogens with zero attached hydrogens (tertiary/aromatic N) is 2. The fourth-order valence-corrected chi connectivity index (χ4v) is 5.44. The summed E-state index contributed by atoms with van der Waals surface area (Å²) in [4.78, 5) is 26.9. The quantitative estimate of drug-likeness (QED) is 0.791. The van der Waals surface area contributed by atoms with Crippen molar-refractivity contribution in [1.29, 1.82) is 0 Å². The molecule has 0 saturated heterocycles. The van der Waals surface area contributed by atoms with E-state index in [0.717, 1.165) is 9.87 Å². The lowest BCUT2D eigenvalue weighted by atomic mass is 9.96. The second-order valence-corrected chi connectivity index (χ2v) is 8.88. The Morgan fingerprint density at radius 1 is 1.21 bits per heavy atom. The van der Waals surface area contributed by atoms with Crippen molar-refractivity contribution in [1.82, 2.24) is 4.31 Å².